The van der Waals surface area contributed by atoms with Gasteiger partial charge in [0.25, 0.3) is 0 Å². The van der Waals surface area contributed by atoms with Gasteiger partial charge in [-0.2, -0.15) is 11.8 Å². The average Bonchev–Trinajstić information content (AvgIpc) is 3.12. The van der Waals surface area contributed by atoms with Crippen molar-refractivity contribution >= 4 is 29.7 Å². The second kappa shape index (κ2) is 11.0. The first-order chi connectivity index (χ1) is 15.4. The molecule has 4 N–H and O–H groups in total. The minimum Gasteiger partial charge on any atom is -0.479 e. The third-order valence-electron chi connectivity index (χ3n) is 5.32. The number of nitrogens with one attached hydrogen (secondary N) is 2. The van der Waals surface area contributed by atoms with E-state index < -0.39 is 36.7 Å². The van der Waals surface area contributed by atoms with Crippen LogP contribution >= 0.6 is 11.8 Å². The van der Waals surface area contributed by atoms with Gasteiger partial charge in [0, 0.05) is 5.92 Å². The Labute approximate surface area is 190 Å². The molecule has 0 heterocycles. The second-order valence-electron chi connectivity index (χ2n) is 7.40. The van der Waals surface area contributed by atoms with Crippen molar-refractivity contribution in [2.45, 2.75) is 24.5 Å². The van der Waals surface area contributed by atoms with Crippen LogP contribution in [-0.2, 0) is 14.3 Å². The Hall–Kier alpha value is -3.04. The smallest absolute Gasteiger partial charge is 0.407 e. The number of aliphatic hydroxyl groups excluding tert-OH is 1. The molecule has 3 rings (SSSR count). The lowest BCUT2D eigenvalue weighted by Crippen LogP contribution is -2.49. The molecule has 9 heteroatoms. The largest absolute Gasteiger partial charge is 0.479 e. The summed E-state index contributed by atoms with van der Waals surface area (Å²) in [5.41, 5.74) is 4.40. The Kier molecular flexibility index (Phi) is 8.13. The predicted molar refractivity (Wildman–Crippen MR) is 122 cm³/mol. The summed E-state index contributed by atoms with van der Waals surface area (Å²) in [6.07, 6.45) is -0.238. The Bertz CT molecular complexity index is 937. The van der Waals surface area contributed by atoms with Crippen molar-refractivity contribution in [2.75, 3.05) is 25.2 Å². The highest BCUT2D eigenvalue weighted by molar-refractivity contribution is 7.98. The Balaban J connectivity index is 1.61. The van der Waals surface area contributed by atoms with Gasteiger partial charge in [0.05, 0.1) is 6.54 Å². The van der Waals surface area contributed by atoms with E-state index in [-0.39, 0.29) is 12.5 Å². The van der Waals surface area contributed by atoms with Gasteiger partial charge >= 0.3 is 12.1 Å². The number of thioether (sulfide) groups is 1. The Morgan fingerprint density at radius 3 is 2.22 bits per heavy atom. The number of amides is 2. The zero-order chi connectivity index (χ0) is 23.1. The number of carbonyl (C=O) groups excluding carboxylic acids is 2. The van der Waals surface area contributed by atoms with Gasteiger partial charge in [-0.1, -0.05) is 48.5 Å². The van der Waals surface area contributed by atoms with E-state index in [2.05, 4.69) is 10.6 Å². The van der Waals surface area contributed by atoms with Crippen LogP contribution in [0.5, 0.6) is 0 Å². The number of hydrogen-bond donors (Lipinski definition) is 4. The van der Waals surface area contributed by atoms with Crippen LogP contribution in [0.3, 0.4) is 0 Å². The van der Waals surface area contributed by atoms with Gasteiger partial charge in [0.2, 0.25) is 5.91 Å². The summed E-state index contributed by atoms with van der Waals surface area (Å²) >= 11 is 1.51. The first-order valence-electron chi connectivity index (χ1n) is 10.2. The molecule has 0 aliphatic heterocycles. The highest BCUT2D eigenvalue weighted by Crippen LogP contribution is 2.44. The van der Waals surface area contributed by atoms with Gasteiger partial charge in [-0.3, -0.25) is 4.79 Å². The molecular formula is C23H26N2O6S. The van der Waals surface area contributed by atoms with Crippen LogP contribution in [0.2, 0.25) is 0 Å². The van der Waals surface area contributed by atoms with E-state index in [9.17, 15) is 19.5 Å². The fourth-order valence-electron chi connectivity index (χ4n) is 3.69. The molecule has 1 unspecified atom stereocenters. The molecule has 170 valence electrons. The zero-order valence-electron chi connectivity index (χ0n) is 17.6. The van der Waals surface area contributed by atoms with Gasteiger partial charge in [0.1, 0.15) is 12.6 Å². The summed E-state index contributed by atoms with van der Waals surface area (Å²) in [6, 6.07) is 15.1. The summed E-state index contributed by atoms with van der Waals surface area (Å²) in [4.78, 5) is 35.6. The molecule has 32 heavy (non-hydrogen) atoms. The monoisotopic (exact) mass is 458 g/mol. The normalized spacial score (nSPS) is 14.1. The van der Waals surface area contributed by atoms with Crippen molar-refractivity contribution < 1.29 is 29.3 Å². The number of aliphatic carboxylic acids is 1. The number of alkyl carbamates (subject to hydrolysis) is 1. The number of ether oxygens (including phenoxy) is 1. The standard InChI is InChI=1S/C23H26N2O6S/c1-32-11-10-19(21(27)24-12-20(26)22(28)29)25-23(30)31-13-18-16-8-4-2-6-14(16)15-7-3-5-9-17(15)18/h2-9,18-20,26H,10-13H2,1H3,(H,24,27)(H,25,30)(H,28,29)/t19-,20?/m1/s1. The van der Waals surface area contributed by atoms with Crippen LogP contribution in [0.1, 0.15) is 23.5 Å². The van der Waals surface area contributed by atoms with Gasteiger partial charge in [-0.25, -0.2) is 9.59 Å². The third-order valence-corrected chi connectivity index (χ3v) is 5.96. The number of carboxylic acid groups (broad SMARTS) is 1. The summed E-state index contributed by atoms with van der Waals surface area (Å²) in [5.74, 6) is -1.51. The zero-order valence-corrected chi connectivity index (χ0v) is 18.4. The second-order valence-corrected chi connectivity index (χ2v) is 8.39. The molecule has 2 amide bonds. The van der Waals surface area contributed by atoms with Crippen LogP contribution < -0.4 is 10.6 Å². The first kappa shape index (κ1) is 23.6. The average molecular weight is 459 g/mol. The van der Waals surface area contributed by atoms with E-state index in [0.29, 0.717) is 12.2 Å². The Morgan fingerprint density at radius 2 is 1.66 bits per heavy atom. The fraction of sp³-hybridized carbons (Fsp3) is 0.348. The fourth-order valence-corrected chi connectivity index (χ4v) is 4.17. The van der Waals surface area contributed by atoms with Crippen LogP contribution in [0, 0.1) is 0 Å². The molecule has 2 aromatic rings. The maximum Gasteiger partial charge on any atom is 0.407 e. The number of hydrogen-bond acceptors (Lipinski definition) is 6. The molecule has 0 radical (unpaired) electrons. The molecule has 0 fully saturated rings. The van der Waals surface area contributed by atoms with Crippen molar-refractivity contribution in [1.29, 1.82) is 0 Å². The Morgan fingerprint density at radius 1 is 1.06 bits per heavy atom. The molecule has 2 atom stereocenters. The third kappa shape index (κ3) is 5.60. The molecule has 0 saturated carbocycles. The highest BCUT2D eigenvalue weighted by Gasteiger charge is 2.30. The van der Waals surface area contributed by atoms with E-state index >= 15 is 0 Å². The number of carboxylic acids is 1. The molecular weight excluding hydrogens is 432 g/mol. The maximum atomic E-state index is 12.5. The molecule has 0 spiro atoms. The molecule has 2 aromatic carbocycles. The van der Waals surface area contributed by atoms with Gasteiger partial charge in [0.15, 0.2) is 6.10 Å². The number of carbonyl (C=O) groups is 3. The van der Waals surface area contributed by atoms with Crippen molar-refractivity contribution in [3.63, 3.8) is 0 Å². The predicted octanol–water partition coefficient (Wildman–Crippen LogP) is 2.21. The van der Waals surface area contributed by atoms with Crippen molar-refractivity contribution in [3.05, 3.63) is 59.7 Å². The van der Waals surface area contributed by atoms with Crippen LogP contribution in [0.25, 0.3) is 11.1 Å². The lowest BCUT2D eigenvalue weighted by molar-refractivity contribution is -0.146. The summed E-state index contributed by atoms with van der Waals surface area (Å²) < 4.78 is 5.48. The number of rotatable bonds is 10. The summed E-state index contributed by atoms with van der Waals surface area (Å²) in [5, 5.41) is 23.0. The summed E-state index contributed by atoms with van der Waals surface area (Å²) in [7, 11) is 0. The quantitative estimate of drug-likeness (QED) is 0.430. The SMILES string of the molecule is CSCC[C@@H](NC(=O)OCC1c2ccccc2-c2ccccc21)C(=O)NCC(O)C(=O)O. The maximum absolute atomic E-state index is 12.5. The minimum atomic E-state index is -1.71. The van der Waals surface area contributed by atoms with Crippen LogP contribution in [0.15, 0.2) is 48.5 Å². The van der Waals surface area contributed by atoms with Crippen molar-refractivity contribution in [3.8, 4) is 11.1 Å². The van der Waals surface area contributed by atoms with E-state index in [1.54, 1.807) is 0 Å². The molecule has 1 aliphatic carbocycles. The molecule has 1 aliphatic rings. The minimum absolute atomic E-state index is 0.0997. The van der Waals surface area contributed by atoms with Crippen LogP contribution in [0.4, 0.5) is 4.79 Å². The number of fused-ring (bicyclic) bond motifs is 3. The number of aliphatic hydroxyl groups is 1. The van der Waals surface area contributed by atoms with E-state index in [4.69, 9.17) is 9.84 Å². The van der Waals surface area contributed by atoms with Crippen molar-refractivity contribution in [1.82, 2.24) is 10.6 Å². The summed E-state index contributed by atoms with van der Waals surface area (Å²) in [6.45, 7) is -0.329. The lowest BCUT2D eigenvalue weighted by atomic mass is 9.98. The number of benzene rings is 2. The van der Waals surface area contributed by atoms with Gasteiger partial charge < -0.3 is 25.6 Å². The van der Waals surface area contributed by atoms with E-state index in [1.165, 1.54) is 11.8 Å². The lowest BCUT2D eigenvalue weighted by Gasteiger charge is -2.20. The molecule has 8 nitrogen and oxygen atoms in total. The van der Waals surface area contributed by atoms with Gasteiger partial charge in [-0.05, 0) is 40.7 Å². The first-order valence-corrected chi connectivity index (χ1v) is 11.6. The molecule has 0 aromatic heterocycles. The van der Waals surface area contributed by atoms with Crippen LogP contribution in [-0.4, -0.2) is 65.5 Å². The van der Waals surface area contributed by atoms with E-state index in [1.807, 2.05) is 54.8 Å². The van der Waals surface area contributed by atoms with Gasteiger partial charge in [-0.15, -0.1) is 0 Å². The highest BCUT2D eigenvalue weighted by atomic mass is 32.2. The topological polar surface area (TPSA) is 125 Å². The molecule has 0 bridgehead atoms. The van der Waals surface area contributed by atoms with Crippen molar-refractivity contribution in [2.24, 2.45) is 0 Å². The molecule has 0 saturated heterocycles. The van der Waals surface area contributed by atoms with E-state index in [0.717, 1.165) is 22.3 Å².